The van der Waals surface area contributed by atoms with Crippen molar-refractivity contribution in [2.45, 2.75) is 13.3 Å². The molecular formula is C12H18N4O. The van der Waals surface area contributed by atoms with E-state index in [2.05, 4.69) is 26.7 Å². The van der Waals surface area contributed by atoms with Crippen LogP contribution in [-0.2, 0) is 0 Å². The first-order valence-corrected chi connectivity index (χ1v) is 5.80. The molecule has 0 aliphatic carbocycles. The van der Waals surface area contributed by atoms with E-state index in [-0.39, 0.29) is 0 Å². The normalized spacial score (nSPS) is 15.3. The zero-order valence-corrected chi connectivity index (χ0v) is 10.3. The van der Waals surface area contributed by atoms with Gasteiger partial charge in [0.25, 0.3) is 0 Å². The molecule has 1 aromatic heterocycles. The molecular weight excluding hydrogens is 216 g/mol. The molecule has 0 spiro atoms. The van der Waals surface area contributed by atoms with E-state index in [9.17, 15) is 0 Å². The second kappa shape index (κ2) is 5.63. The number of rotatable bonds is 4. The molecule has 5 nitrogen and oxygen atoms in total. The van der Waals surface area contributed by atoms with Crippen LogP contribution in [0, 0.1) is 6.92 Å². The van der Waals surface area contributed by atoms with Gasteiger partial charge in [0.2, 0.25) is 5.88 Å². The summed E-state index contributed by atoms with van der Waals surface area (Å²) in [4.78, 5) is 8.47. The van der Waals surface area contributed by atoms with Gasteiger partial charge in [0, 0.05) is 19.2 Å². The van der Waals surface area contributed by atoms with E-state index in [1.165, 1.54) is 5.57 Å². The van der Waals surface area contributed by atoms with Crippen LogP contribution in [0.4, 0.5) is 5.82 Å². The van der Waals surface area contributed by atoms with Crippen molar-refractivity contribution >= 4 is 5.82 Å². The van der Waals surface area contributed by atoms with Gasteiger partial charge in [0.1, 0.15) is 11.6 Å². The molecule has 0 saturated heterocycles. The van der Waals surface area contributed by atoms with Gasteiger partial charge in [0.05, 0.1) is 7.11 Å². The van der Waals surface area contributed by atoms with Gasteiger partial charge in [-0.1, -0.05) is 11.6 Å². The van der Waals surface area contributed by atoms with E-state index in [1.807, 2.05) is 13.0 Å². The van der Waals surface area contributed by atoms with Crippen LogP contribution in [0.1, 0.15) is 12.2 Å². The molecule has 0 saturated carbocycles. The van der Waals surface area contributed by atoms with Gasteiger partial charge in [0.15, 0.2) is 0 Å². The Morgan fingerprint density at radius 2 is 2.35 bits per heavy atom. The Morgan fingerprint density at radius 3 is 3.06 bits per heavy atom. The molecule has 1 aliphatic heterocycles. The van der Waals surface area contributed by atoms with Gasteiger partial charge >= 0.3 is 0 Å². The van der Waals surface area contributed by atoms with E-state index in [0.717, 1.165) is 31.9 Å². The molecule has 1 aromatic rings. The number of aromatic nitrogens is 2. The molecule has 2 heterocycles. The van der Waals surface area contributed by atoms with Crippen LogP contribution in [0.25, 0.3) is 0 Å². The standard InChI is InChI=1S/C12H18N4O/c1-9-15-11(7-12(16-9)17-2)14-8-10-3-5-13-6-4-10/h3,7,13H,4-6,8H2,1-2H3,(H,14,15,16). The van der Waals surface area contributed by atoms with Crippen molar-refractivity contribution in [1.29, 1.82) is 0 Å². The smallest absolute Gasteiger partial charge is 0.218 e. The quantitative estimate of drug-likeness (QED) is 0.765. The van der Waals surface area contributed by atoms with Crippen LogP contribution in [0.5, 0.6) is 5.88 Å². The third-order valence-corrected chi connectivity index (χ3v) is 2.68. The highest BCUT2D eigenvalue weighted by atomic mass is 16.5. The van der Waals surface area contributed by atoms with Crippen molar-refractivity contribution in [3.05, 3.63) is 23.5 Å². The summed E-state index contributed by atoms with van der Waals surface area (Å²) in [6.07, 6.45) is 3.32. The highest BCUT2D eigenvalue weighted by molar-refractivity contribution is 5.39. The van der Waals surface area contributed by atoms with Gasteiger partial charge in [-0.3, -0.25) is 0 Å². The number of hydrogen-bond acceptors (Lipinski definition) is 5. The van der Waals surface area contributed by atoms with Gasteiger partial charge in [-0.05, 0) is 19.9 Å². The molecule has 0 atom stereocenters. The zero-order valence-electron chi connectivity index (χ0n) is 10.3. The lowest BCUT2D eigenvalue weighted by Crippen LogP contribution is -2.23. The van der Waals surface area contributed by atoms with E-state index >= 15 is 0 Å². The molecule has 17 heavy (non-hydrogen) atoms. The molecule has 0 bridgehead atoms. The minimum absolute atomic E-state index is 0.597. The van der Waals surface area contributed by atoms with Crippen molar-refractivity contribution in [1.82, 2.24) is 15.3 Å². The Morgan fingerprint density at radius 1 is 1.47 bits per heavy atom. The minimum atomic E-state index is 0.597. The van der Waals surface area contributed by atoms with E-state index < -0.39 is 0 Å². The molecule has 0 radical (unpaired) electrons. The predicted molar refractivity (Wildman–Crippen MR) is 67.4 cm³/mol. The average molecular weight is 234 g/mol. The minimum Gasteiger partial charge on any atom is -0.481 e. The van der Waals surface area contributed by atoms with E-state index in [0.29, 0.717) is 11.7 Å². The lowest BCUT2D eigenvalue weighted by Gasteiger charge is -2.15. The highest BCUT2D eigenvalue weighted by Crippen LogP contribution is 2.13. The summed E-state index contributed by atoms with van der Waals surface area (Å²) in [6, 6.07) is 1.81. The largest absolute Gasteiger partial charge is 0.481 e. The van der Waals surface area contributed by atoms with Crippen LogP contribution < -0.4 is 15.4 Å². The summed E-state index contributed by atoms with van der Waals surface area (Å²) in [5, 5.41) is 6.59. The topological polar surface area (TPSA) is 59.1 Å². The fourth-order valence-electron chi connectivity index (χ4n) is 1.77. The van der Waals surface area contributed by atoms with Crippen LogP contribution >= 0.6 is 0 Å². The monoisotopic (exact) mass is 234 g/mol. The van der Waals surface area contributed by atoms with Crippen LogP contribution in [-0.4, -0.2) is 36.7 Å². The lowest BCUT2D eigenvalue weighted by atomic mass is 10.1. The van der Waals surface area contributed by atoms with Crippen molar-refractivity contribution < 1.29 is 4.74 Å². The summed E-state index contributed by atoms with van der Waals surface area (Å²) < 4.78 is 5.11. The van der Waals surface area contributed by atoms with Gasteiger partial charge in [-0.25, -0.2) is 4.98 Å². The molecule has 92 valence electrons. The summed E-state index contributed by atoms with van der Waals surface area (Å²) in [6.45, 7) is 4.71. The Kier molecular flexibility index (Phi) is 3.93. The maximum Gasteiger partial charge on any atom is 0.218 e. The number of nitrogens with zero attached hydrogens (tertiary/aromatic N) is 2. The van der Waals surface area contributed by atoms with Crippen molar-refractivity contribution in [3.8, 4) is 5.88 Å². The third-order valence-electron chi connectivity index (χ3n) is 2.68. The maximum atomic E-state index is 5.11. The van der Waals surface area contributed by atoms with E-state index in [4.69, 9.17) is 4.74 Å². The number of nitrogens with one attached hydrogen (secondary N) is 2. The number of hydrogen-bond donors (Lipinski definition) is 2. The molecule has 0 fully saturated rings. The van der Waals surface area contributed by atoms with Gasteiger partial charge in [-0.2, -0.15) is 4.98 Å². The van der Waals surface area contributed by atoms with E-state index in [1.54, 1.807) is 7.11 Å². The number of aryl methyl sites for hydroxylation is 1. The SMILES string of the molecule is COc1cc(NCC2=CCNCC2)nc(C)n1. The zero-order chi connectivity index (χ0) is 12.1. The number of ether oxygens (including phenoxy) is 1. The first kappa shape index (κ1) is 11.9. The molecule has 2 N–H and O–H groups in total. The van der Waals surface area contributed by atoms with Crippen molar-refractivity contribution in [2.24, 2.45) is 0 Å². The molecule has 0 unspecified atom stereocenters. The third kappa shape index (κ3) is 3.42. The average Bonchev–Trinajstić information content (AvgIpc) is 2.37. The van der Waals surface area contributed by atoms with Crippen molar-refractivity contribution in [2.75, 3.05) is 32.1 Å². The predicted octanol–water partition coefficient (Wildman–Crippen LogP) is 1.13. The lowest BCUT2D eigenvalue weighted by molar-refractivity contribution is 0.396. The first-order chi connectivity index (χ1) is 8.28. The second-order valence-electron chi connectivity index (χ2n) is 4.01. The maximum absolute atomic E-state index is 5.11. The fraction of sp³-hybridized carbons (Fsp3) is 0.500. The second-order valence-corrected chi connectivity index (χ2v) is 4.01. The Balaban J connectivity index is 1.98. The first-order valence-electron chi connectivity index (χ1n) is 5.80. The van der Waals surface area contributed by atoms with Gasteiger partial charge < -0.3 is 15.4 Å². The van der Waals surface area contributed by atoms with Crippen molar-refractivity contribution in [3.63, 3.8) is 0 Å². The number of methoxy groups -OCH3 is 1. The summed E-state index contributed by atoms with van der Waals surface area (Å²) in [5.41, 5.74) is 1.42. The fourth-order valence-corrected chi connectivity index (χ4v) is 1.77. The summed E-state index contributed by atoms with van der Waals surface area (Å²) in [7, 11) is 1.61. The molecule has 1 aliphatic rings. The van der Waals surface area contributed by atoms with Crippen LogP contribution in [0.3, 0.4) is 0 Å². The summed E-state index contributed by atoms with van der Waals surface area (Å²) in [5.74, 6) is 2.12. The molecule has 0 amide bonds. The number of anilines is 1. The summed E-state index contributed by atoms with van der Waals surface area (Å²) >= 11 is 0. The Hall–Kier alpha value is -1.62. The molecule has 2 rings (SSSR count). The Bertz CT molecular complexity index is 417. The van der Waals surface area contributed by atoms with Gasteiger partial charge in [-0.15, -0.1) is 0 Å². The van der Waals surface area contributed by atoms with Crippen LogP contribution in [0.2, 0.25) is 0 Å². The van der Waals surface area contributed by atoms with Crippen LogP contribution in [0.15, 0.2) is 17.7 Å². The molecule has 5 heteroatoms. The molecule has 0 aromatic carbocycles. The Labute approximate surface area is 101 Å². The highest BCUT2D eigenvalue weighted by Gasteiger charge is 2.05.